The molecule has 0 bridgehead atoms. The number of aromatic carboxylic acids is 2. The van der Waals surface area contributed by atoms with Gasteiger partial charge in [0.05, 0.1) is 23.3 Å². The van der Waals surface area contributed by atoms with Gasteiger partial charge in [0, 0.05) is 9.79 Å². The molecule has 2 aromatic carbocycles. The van der Waals surface area contributed by atoms with Crippen LogP contribution < -0.4 is 0 Å². The predicted octanol–water partition coefficient (Wildman–Crippen LogP) is 3.41. The van der Waals surface area contributed by atoms with Crippen molar-refractivity contribution in [2.75, 3.05) is 6.61 Å². The first-order valence-corrected chi connectivity index (χ1v) is 7.79. The van der Waals surface area contributed by atoms with Crippen LogP contribution in [0.2, 0.25) is 0 Å². The lowest BCUT2D eigenvalue weighted by Gasteiger charge is -2.08. The Bertz CT molecular complexity index is 782. The summed E-state index contributed by atoms with van der Waals surface area (Å²) in [4.78, 5) is 35.0. The van der Waals surface area contributed by atoms with E-state index in [1.165, 1.54) is 23.9 Å². The highest BCUT2D eigenvalue weighted by atomic mass is 32.2. The second-order valence-electron chi connectivity index (χ2n) is 4.67. The van der Waals surface area contributed by atoms with Crippen LogP contribution in [0.15, 0.2) is 52.3 Å². The molecule has 2 aromatic rings. The van der Waals surface area contributed by atoms with E-state index in [4.69, 9.17) is 9.84 Å². The molecule has 0 atom stereocenters. The van der Waals surface area contributed by atoms with E-state index in [1.807, 2.05) is 0 Å². The highest BCUT2D eigenvalue weighted by Gasteiger charge is 2.15. The van der Waals surface area contributed by atoms with Crippen LogP contribution in [-0.2, 0) is 4.74 Å². The Morgan fingerprint density at radius 2 is 1.58 bits per heavy atom. The van der Waals surface area contributed by atoms with Gasteiger partial charge in [0.25, 0.3) is 0 Å². The summed E-state index contributed by atoms with van der Waals surface area (Å²) in [5.74, 6) is -2.82. The van der Waals surface area contributed by atoms with Crippen LogP contribution in [0.5, 0.6) is 0 Å². The van der Waals surface area contributed by atoms with Crippen molar-refractivity contribution in [3.8, 4) is 0 Å². The molecule has 124 valence electrons. The van der Waals surface area contributed by atoms with E-state index in [-0.39, 0.29) is 17.7 Å². The third-order valence-electron chi connectivity index (χ3n) is 3.05. The number of benzene rings is 2. The van der Waals surface area contributed by atoms with Gasteiger partial charge in [0.2, 0.25) is 0 Å². The molecule has 0 unspecified atom stereocenters. The molecule has 0 amide bonds. The number of hydrogen-bond acceptors (Lipinski definition) is 5. The van der Waals surface area contributed by atoms with Crippen LogP contribution in [-0.4, -0.2) is 34.7 Å². The lowest BCUT2D eigenvalue weighted by molar-refractivity contribution is 0.0525. The van der Waals surface area contributed by atoms with Gasteiger partial charge in [-0.1, -0.05) is 11.8 Å². The molecule has 6 nitrogen and oxygen atoms in total. The lowest BCUT2D eigenvalue weighted by atomic mass is 10.1. The minimum Gasteiger partial charge on any atom is -0.478 e. The molecular formula is C17H14O6S. The molecule has 2 rings (SSSR count). The highest BCUT2D eigenvalue weighted by molar-refractivity contribution is 7.99. The third-order valence-corrected chi connectivity index (χ3v) is 4.13. The van der Waals surface area contributed by atoms with Crippen LogP contribution in [0, 0.1) is 0 Å². The molecule has 0 fully saturated rings. The van der Waals surface area contributed by atoms with Gasteiger partial charge in [-0.2, -0.15) is 0 Å². The molecule has 0 heterocycles. The number of rotatable bonds is 6. The Labute approximate surface area is 142 Å². The Hall–Kier alpha value is -2.80. The van der Waals surface area contributed by atoms with E-state index in [0.29, 0.717) is 15.4 Å². The van der Waals surface area contributed by atoms with Gasteiger partial charge in [0.15, 0.2) is 0 Å². The van der Waals surface area contributed by atoms with Crippen molar-refractivity contribution in [2.45, 2.75) is 16.7 Å². The molecule has 0 aliphatic heterocycles. The van der Waals surface area contributed by atoms with Crippen molar-refractivity contribution < 1.29 is 29.3 Å². The zero-order chi connectivity index (χ0) is 17.7. The fraction of sp³-hybridized carbons (Fsp3) is 0.118. The number of carboxylic acids is 2. The van der Waals surface area contributed by atoms with Crippen molar-refractivity contribution in [1.29, 1.82) is 0 Å². The van der Waals surface area contributed by atoms with Crippen LogP contribution in [0.25, 0.3) is 0 Å². The number of ether oxygens (including phenoxy) is 1. The zero-order valence-electron chi connectivity index (χ0n) is 12.7. The number of carbonyl (C=O) groups excluding carboxylic acids is 1. The first kappa shape index (κ1) is 17.6. The van der Waals surface area contributed by atoms with Crippen molar-refractivity contribution >= 4 is 29.7 Å². The van der Waals surface area contributed by atoms with Gasteiger partial charge < -0.3 is 14.9 Å². The summed E-state index contributed by atoms with van der Waals surface area (Å²) in [6, 6.07) is 10.5. The lowest BCUT2D eigenvalue weighted by Crippen LogP contribution is -2.04. The first-order valence-electron chi connectivity index (χ1n) is 6.98. The largest absolute Gasteiger partial charge is 0.478 e. The molecule has 0 aliphatic carbocycles. The van der Waals surface area contributed by atoms with Crippen molar-refractivity contribution in [3.05, 3.63) is 59.2 Å². The molecule has 0 spiro atoms. The van der Waals surface area contributed by atoms with E-state index in [1.54, 1.807) is 31.2 Å². The second-order valence-corrected chi connectivity index (χ2v) is 5.78. The summed E-state index contributed by atoms with van der Waals surface area (Å²) >= 11 is 1.17. The third kappa shape index (κ3) is 4.14. The Morgan fingerprint density at radius 1 is 0.958 bits per heavy atom. The monoisotopic (exact) mass is 346 g/mol. The minimum absolute atomic E-state index is 0.0885. The molecule has 0 saturated heterocycles. The maximum Gasteiger partial charge on any atom is 0.338 e. The number of carboxylic acid groups (broad SMARTS) is 2. The highest BCUT2D eigenvalue weighted by Crippen LogP contribution is 2.31. The van der Waals surface area contributed by atoms with E-state index >= 15 is 0 Å². The standard InChI is InChI=1S/C17H14O6S/c1-2-23-17(22)10-3-6-12(7-4-10)24-14-8-5-11(15(18)19)9-13(14)16(20)21/h3-9H,2H2,1H3,(H,18,19)(H,20,21). The summed E-state index contributed by atoms with van der Waals surface area (Å²) in [6.07, 6.45) is 0. The molecule has 24 heavy (non-hydrogen) atoms. The summed E-state index contributed by atoms with van der Waals surface area (Å²) in [5, 5.41) is 18.2. The maximum atomic E-state index is 11.6. The molecule has 7 heteroatoms. The Balaban J connectivity index is 2.26. The van der Waals surface area contributed by atoms with E-state index < -0.39 is 17.9 Å². The average Bonchev–Trinajstić information content (AvgIpc) is 2.55. The SMILES string of the molecule is CCOC(=O)c1ccc(Sc2ccc(C(=O)O)cc2C(=O)O)cc1. The van der Waals surface area contributed by atoms with Crippen LogP contribution >= 0.6 is 11.8 Å². The molecule has 0 aromatic heterocycles. The molecule has 0 saturated carbocycles. The van der Waals surface area contributed by atoms with Crippen molar-refractivity contribution in [2.24, 2.45) is 0 Å². The topological polar surface area (TPSA) is 101 Å². The van der Waals surface area contributed by atoms with Crippen LogP contribution in [0.3, 0.4) is 0 Å². The maximum absolute atomic E-state index is 11.6. The van der Waals surface area contributed by atoms with Crippen LogP contribution in [0.1, 0.15) is 38.0 Å². The van der Waals surface area contributed by atoms with Gasteiger partial charge in [-0.25, -0.2) is 14.4 Å². The van der Waals surface area contributed by atoms with Gasteiger partial charge in [-0.3, -0.25) is 0 Å². The minimum atomic E-state index is -1.20. The summed E-state index contributed by atoms with van der Waals surface area (Å²) in [5.41, 5.74) is 0.227. The van der Waals surface area contributed by atoms with Gasteiger partial charge in [-0.05, 0) is 49.4 Å². The van der Waals surface area contributed by atoms with Gasteiger partial charge >= 0.3 is 17.9 Å². The molecule has 0 aliphatic rings. The summed E-state index contributed by atoms with van der Waals surface area (Å²) in [6.45, 7) is 2.00. The van der Waals surface area contributed by atoms with Crippen molar-refractivity contribution in [3.63, 3.8) is 0 Å². The smallest absolute Gasteiger partial charge is 0.338 e. The Kier molecular flexibility index (Phi) is 5.59. The summed E-state index contributed by atoms with van der Waals surface area (Å²) in [7, 11) is 0. The Morgan fingerprint density at radius 3 is 2.12 bits per heavy atom. The van der Waals surface area contributed by atoms with E-state index in [9.17, 15) is 19.5 Å². The average molecular weight is 346 g/mol. The van der Waals surface area contributed by atoms with E-state index in [0.717, 1.165) is 6.07 Å². The van der Waals surface area contributed by atoms with Gasteiger partial charge in [0.1, 0.15) is 0 Å². The molecular weight excluding hydrogens is 332 g/mol. The summed E-state index contributed by atoms with van der Waals surface area (Å²) < 4.78 is 4.89. The fourth-order valence-electron chi connectivity index (χ4n) is 1.92. The normalized spacial score (nSPS) is 10.2. The van der Waals surface area contributed by atoms with Crippen molar-refractivity contribution in [1.82, 2.24) is 0 Å². The van der Waals surface area contributed by atoms with Crippen LogP contribution in [0.4, 0.5) is 0 Å². The second kappa shape index (κ2) is 7.65. The quantitative estimate of drug-likeness (QED) is 0.773. The predicted molar refractivity (Wildman–Crippen MR) is 86.9 cm³/mol. The fourth-order valence-corrected chi connectivity index (χ4v) is 2.84. The molecule has 0 radical (unpaired) electrons. The first-order chi connectivity index (χ1) is 11.4. The van der Waals surface area contributed by atoms with Gasteiger partial charge in [-0.15, -0.1) is 0 Å². The number of hydrogen-bond donors (Lipinski definition) is 2. The molecule has 2 N–H and O–H groups in total. The number of esters is 1. The van der Waals surface area contributed by atoms with E-state index in [2.05, 4.69) is 0 Å². The zero-order valence-corrected chi connectivity index (χ0v) is 13.5. The number of carbonyl (C=O) groups is 3.